The number of aliphatic hydroxyl groups excluding tert-OH is 1. The van der Waals surface area contributed by atoms with E-state index in [1.54, 1.807) is 11.3 Å². The number of nitrogens with zero attached hydrogens (tertiary/aromatic N) is 4. The van der Waals surface area contributed by atoms with E-state index in [9.17, 15) is 9.90 Å². The summed E-state index contributed by atoms with van der Waals surface area (Å²) in [7, 11) is 1.30. The predicted molar refractivity (Wildman–Crippen MR) is 92.5 cm³/mol. The molecule has 2 aromatic rings. The van der Waals surface area contributed by atoms with Gasteiger partial charge >= 0.3 is 5.97 Å². The molecule has 132 valence electrons. The molecule has 1 atom stereocenters. The molecule has 1 saturated heterocycles. The molecule has 1 N–H and O–H groups in total. The van der Waals surface area contributed by atoms with Crippen LogP contribution in [0.15, 0.2) is 6.20 Å². The van der Waals surface area contributed by atoms with Crippen LogP contribution in [-0.4, -0.2) is 52.0 Å². The summed E-state index contributed by atoms with van der Waals surface area (Å²) in [6.07, 6.45) is 2.44. The van der Waals surface area contributed by atoms with Gasteiger partial charge in [0.25, 0.3) is 0 Å². The molecule has 7 nitrogen and oxygen atoms in total. The Balaban J connectivity index is 1.67. The summed E-state index contributed by atoms with van der Waals surface area (Å²) in [6.45, 7) is 7.94. The van der Waals surface area contributed by atoms with Gasteiger partial charge in [0, 0.05) is 18.5 Å². The summed E-state index contributed by atoms with van der Waals surface area (Å²) in [4.78, 5) is 19.2. The molecule has 1 aliphatic rings. The van der Waals surface area contributed by atoms with Crippen molar-refractivity contribution in [2.75, 3.05) is 25.1 Å². The van der Waals surface area contributed by atoms with Crippen LogP contribution in [0.4, 0.5) is 5.13 Å². The van der Waals surface area contributed by atoms with Crippen molar-refractivity contribution >= 4 is 27.4 Å². The first-order valence-electron chi connectivity index (χ1n) is 8.17. The van der Waals surface area contributed by atoms with Crippen molar-refractivity contribution in [2.24, 2.45) is 5.92 Å². The van der Waals surface area contributed by atoms with Crippen LogP contribution in [-0.2, 0) is 14.9 Å². The van der Waals surface area contributed by atoms with Crippen molar-refractivity contribution in [1.82, 2.24) is 14.6 Å². The minimum atomic E-state index is -1.03. The van der Waals surface area contributed by atoms with E-state index in [-0.39, 0.29) is 11.3 Å². The van der Waals surface area contributed by atoms with E-state index in [0.29, 0.717) is 0 Å². The third-order valence-corrected chi connectivity index (χ3v) is 5.48. The SMILES string of the molecule is COC(=O)C(O)C1CCN(c2nn3cc(C(C)(C)C)nc3s2)CC1. The molecule has 1 unspecified atom stereocenters. The first-order valence-corrected chi connectivity index (χ1v) is 8.99. The fourth-order valence-corrected chi connectivity index (χ4v) is 3.83. The predicted octanol–water partition coefficient (Wildman–Crippen LogP) is 1.84. The number of imidazole rings is 1. The second-order valence-electron chi connectivity index (χ2n) is 7.28. The lowest BCUT2D eigenvalue weighted by molar-refractivity contribution is -0.153. The average Bonchev–Trinajstić information content (AvgIpc) is 3.12. The molecule has 0 bridgehead atoms. The van der Waals surface area contributed by atoms with Gasteiger partial charge < -0.3 is 14.7 Å². The van der Waals surface area contributed by atoms with Gasteiger partial charge in [-0.1, -0.05) is 32.1 Å². The lowest BCUT2D eigenvalue weighted by Crippen LogP contribution is -2.41. The number of fused-ring (bicyclic) bond motifs is 1. The van der Waals surface area contributed by atoms with Gasteiger partial charge in [0.05, 0.1) is 19.0 Å². The summed E-state index contributed by atoms with van der Waals surface area (Å²) in [6, 6.07) is 0. The lowest BCUT2D eigenvalue weighted by Gasteiger charge is -2.32. The smallest absolute Gasteiger partial charge is 0.334 e. The molecular weight excluding hydrogens is 328 g/mol. The quantitative estimate of drug-likeness (QED) is 0.849. The van der Waals surface area contributed by atoms with Gasteiger partial charge in [-0.15, -0.1) is 5.10 Å². The molecule has 0 aliphatic carbocycles. The Labute approximate surface area is 145 Å². The van der Waals surface area contributed by atoms with E-state index >= 15 is 0 Å². The number of ether oxygens (including phenoxy) is 1. The van der Waals surface area contributed by atoms with Crippen molar-refractivity contribution in [3.05, 3.63) is 11.9 Å². The standard InChI is InChI=1S/C16H24N4O3S/c1-16(2,3)11-9-20-14(17-11)24-15(18-20)19-7-5-10(6-8-19)12(21)13(22)23-4/h9-10,12,21H,5-8H2,1-4H3. The fourth-order valence-electron chi connectivity index (χ4n) is 2.90. The van der Waals surface area contributed by atoms with Gasteiger partial charge in [-0.2, -0.15) is 0 Å². The number of hydrogen-bond acceptors (Lipinski definition) is 7. The molecule has 0 aromatic carbocycles. The van der Waals surface area contributed by atoms with Crippen LogP contribution in [0.3, 0.4) is 0 Å². The number of piperidine rings is 1. The normalized spacial score (nSPS) is 18.1. The van der Waals surface area contributed by atoms with Crippen LogP contribution in [0.25, 0.3) is 4.96 Å². The van der Waals surface area contributed by atoms with E-state index in [1.807, 2.05) is 10.7 Å². The Morgan fingerprint density at radius 1 is 1.42 bits per heavy atom. The number of esters is 1. The van der Waals surface area contributed by atoms with Gasteiger partial charge in [-0.25, -0.2) is 14.3 Å². The maximum absolute atomic E-state index is 11.5. The largest absolute Gasteiger partial charge is 0.467 e. The van der Waals surface area contributed by atoms with Gasteiger partial charge in [0.1, 0.15) is 0 Å². The van der Waals surface area contributed by atoms with Crippen LogP contribution in [0, 0.1) is 5.92 Å². The van der Waals surface area contributed by atoms with Crippen LogP contribution in [0.2, 0.25) is 0 Å². The van der Waals surface area contributed by atoms with Crippen LogP contribution < -0.4 is 4.90 Å². The lowest BCUT2D eigenvalue weighted by atomic mass is 9.91. The number of methoxy groups -OCH3 is 1. The third-order valence-electron chi connectivity index (χ3n) is 4.50. The highest BCUT2D eigenvalue weighted by atomic mass is 32.1. The van der Waals surface area contributed by atoms with E-state index in [1.165, 1.54) is 7.11 Å². The highest BCUT2D eigenvalue weighted by Crippen LogP contribution is 2.30. The average molecular weight is 352 g/mol. The number of rotatable bonds is 3. The highest BCUT2D eigenvalue weighted by molar-refractivity contribution is 7.20. The number of anilines is 1. The maximum Gasteiger partial charge on any atom is 0.334 e. The monoisotopic (exact) mass is 352 g/mol. The van der Waals surface area contributed by atoms with E-state index in [0.717, 1.165) is 41.7 Å². The van der Waals surface area contributed by atoms with Crippen molar-refractivity contribution in [3.63, 3.8) is 0 Å². The summed E-state index contributed by atoms with van der Waals surface area (Å²) < 4.78 is 6.46. The second-order valence-corrected chi connectivity index (χ2v) is 8.21. The summed E-state index contributed by atoms with van der Waals surface area (Å²) in [5, 5.41) is 15.5. The van der Waals surface area contributed by atoms with Crippen LogP contribution in [0.5, 0.6) is 0 Å². The zero-order valence-corrected chi connectivity index (χ0v) is 15.3. The Bertz CT molecular complexity index is 694. The second kappa shape index (κ2) is 6.33. The van der Waals surface area contributed by atoms with Gasteiger partial charge in [0.15, 0.2) is 6.10 Å². The van der Waals surface area contributed by atoms with Crippen LogP contribution >= 0.6 is 11.3 Å². The number of carbonyl (C=O) groups is 1. The van der Waals surface area contributed by atoms with Crippen molar-refractivity contribution in [3.8, 4) is 0 Å². The first-order chi connectivity index (χ1) is 11.3. The zero-order chi connectivity index (χ0) is 17.5. The molecule has 1 aliphatic heterocycles. The molecule has 3 heterocycles. The van der Waals surface area contributed by atoms with Crippen molar-refractivity contribution < 1.29 is 14.6 Å². The van der Waals surface area contributed by atoms with E-state index in [4.69, 9.17) is 0 Å². The van der Waals surface area contributed by atoms with Gasteiger partial charge in [-0.3, -0.25) is 0 Å². The number of hydrogen-bond donors (Lipinski definition) is 1. The molecule has 24 heavy (non-hydrogen) atoms. The fraction of sp³-hybridized carbons (Fsp3) is 0.688. The minimum Gasteiger partial charge on any atom is -0.467 e. The van der Waals surface area contributed by atoms with Crippen molar-refractivity contribution in [2.45, 2.75) is 45.1 Å². The highest BCUT2D eigenvalue weighted by Gasteiger charge is 2.31. The summed E-state index contributed by atoms with van der Waals surface area (Å²) in [5.74, 6) is -0.596. The van der Waals surface area contributed by atoms with Crippen LogP contribution in [0.1, 0.15) is 39.3 Å². The first kappa shape index (κ1) is 17.2. The topological polar surface area (TPSA) is 80.0 Å². The Kier molecular flexibility index (Phi) is 4.52. The van der Waals surface area contributed by atoms with Gasteiger partial charge in [-0.05, 0) is 18.8 Å². The number of aromatic nitrogens is 3. The molecule has 3 rings (SSSR count). The molecule has 0 spiro atoms. The Morgan fingerprint density at radius 3 is 2.62 bits per heavy atom. The van der Waals surface area contributed by atoms with E-state index in [2.05, 4.69) is 40.5 Å². The third kappa shape index (κ3) is 3.25. The zero-order valence-electron chi connectivity index (χ0n) is 14.5. The molecule has 8 heteroatoms. The Morgan fingerprint density at radius 2 is 2.08 bits per heavy atom. The molecular formula is C16H24N4O3S. The van der Waals surface area contributed by atoms with Crippen molar-refractivity contribution in [1.29, 1.82) is 0 Å². The maximum atomic E-state index is 11.5. The Hall–Kier alpha value is -1.67. The molecule has 0 saturated carbocycles. The molecule has 1 fully saturated rings. The summed E-state index contributed by atoms with van der Waals surface area (Å²) >= 11 is 1.57. The van der Waals surface area contributed by atoms with E-state index < -0.39 is 12.1 Å². The number of carbonyl (C=O) groups excluding carboxylic acids is 1. The molecule has 0 radical (unpaired) electrons. The number of aliphatic hydroxyl groups is 1. The summed E-state index contributed by atoms with van der Waals surface area (Å²) in [5.41, 5.74) is 1.04. The molecule has 0 amide bonds. The molecule has 2 aromatic heterocycles. The minimum absolute atomic E-state index is 0.00987. The van der Waals surface area contributed by atoms with Gasteiger partial charge in [0.2, 0.25) is 10.1 Å².